The zero-order chi connectivity index (χ0) is 14.0. The Morgan fingerprint density at radius 3 is 2.21 bits per heavy atom. The van der Waals surface area contributed by atoms with E-state index in [2.05, 4.69) is 32.0 Å². The van der Waals surface area contributed by atoms with Crippen LogP contribution in [0.3, 0.4) is 0 Å². The smallest absolute Gasteiger partial charge is 0.0385 e. The lowest BCUT2D eigenvalue weighted by Gasteiger charge is -2.37. The highest BCUT2D eigenvalue weighted by Crippen LogP contribution is 2.41. The summed E-state index contributed by atoms with van der Waals surface area (Å²) in [6.07, 6.45) is 17.5. The van der Waals surface area contributed by atoms with Crippen molar-refractivity contribution in [2.24, 2.45) is 16.3 Å². The number of hydrogen-bond donors (Lipinski definition) is 0. The average molecular weight is 265 g/mol. The van der Waals surface area contributed by atoms with Crippen molar-refractivity contribution in [3.63, 3.8) is 0 Å². The van der Waals surface area contributed by atoms with Crippen LogP contribution in [0.15, 0.2) is 4.99 Å². The molecule has 1 heteroatoms. The summed E-state index contributed by atoms with van der Waals surface area (Å²) in [7, 11) is 0. The minimum Gasteiger partial charge on any atom is -0.297 e. The van der Waals surface area contributed by atoms with Gasteiger partial charge in [-0.15, -0.1) is 0 Å². The molecule has 1 heterocycles. The van der Waals surface area contributed by atoms with Gasteiger partial charge in [0.2, 0.25) is 0 Å². The lowest BCUT2D eigenvalue weighted by molar-refractivity contribution is 0.179. The normalized spacial score (nSPS) is 22.4. The summed E-state index contributed by atoms with van der Waals surface area (Å²) in [6.45, 7) is 8.21. The van der Waals surface area contributed by atoms with Crippen molar-refractivity contribution in [1.29, 1.82) is 0 Å². The number of nitrogens with zero attached hydrogens (tertiary/aromatic N) is 1. The molecular weight excluding hydrogens is 230 g/mol. The molecule has 0 spiro atoms. The molecule has 0 aliphatic carbocycles. The van der Waals surface area contributed by atoms with Crippen molar-refractivity contribution in [1.82, 2.24) is 0 Å². The van der Waals surface area contributed by atoms with Crippen LogP contribution in [-0.2, 0) is 0 Å². The first-order valence-corrected chi connectivity index (χ1v) is 8.73. The molecule has 0 saturated heterocycles. The number of hydrogen-bond acceptors (Lipinski definition) is 1. The molecule has 1 aliphatic heterocycles. The van der Waals surface area contributed by atoms with Crippen LogP contribution in [0.5, 0.6) is 0 Å². The van der Waals surface area contributed by atoms with Crippen LogP contribution in [0.4, 0.5) is 0 Å². The van der Waals surface area contributed by atoms with Crippen LogP contribution >= 0.6 is 0 Å². The summed E-state index contributed by atoms with van der Waals surface area (Å²) in [6, 6.07) is 0. The Morgan fingerprint density at radius 2 is 1.63 bits per heavy atom. The SMILES string of the molecule is CCCCCCC(C)(CCCCC)C1C=NCCC1. The summed E-state index contributed by atoms with van der Waals surface area (Å²) in [4.78, 5) is 4.57. The highest BCUT2D eigenvalue weighted by Gasteiger charge is 2.32. The monoisotopic (exact) mass is 265 g/mol. The second kappa shape index (κ2) is 9.55. The van der Waals surface area contributed by atoms with Gasteiger partial charge in [0.15, 0.2) is 0 Å². The van der Waals surface area contributed by atoms with Gasteiger partial charge in [-0.3, -0.25) is 4.99 Å². The Bertz CT molecular complexity index is 246. The number of rotatable bonds is 10. The molecular formula is C18H35N. The molecule has 0 radical (unpaired) electrons. The summed E-state index contributed by atoms with van der Waals surface area (Å²) < 4.78 is 0. The van der Waals surface area contributed by atoms with Crippen LogP contribution in [0.1, 0.15) is 91.4 Å². The van der Waals surface area contributed by atoms with Crippen molar-refractivity contribution in [2.45, 2.75) is 91.4 Å². The van der Waals surface area contributed by atoms with Crippen molar-refractivity contribution >= 4 is 6.21 Å². The Labute approximate surface area is 121 Å². The fraction of sp³-hybridized carbons (Fsp3) is 0.944. The molecule has 0 aromatic carbocycles. The highest BCUT2D eigenvalue weighted by atomic mass is 14.7. The largest absolute Gasteiger partial charge is 0.297 e. The topological polar surface area (TPSA) is 12.4 Å². The fourth-order valence-corrected chi connectivity index (χ4v) is 3.44. The Kier molecular flexibility index (Phi) is 8.41. The highest BCUT2D eigenvalue weighted by molar-refractivity contribution is 5.62. The number of unbranched alkanes of at least 4 members (excludes halogenated alkanes) is 5. The number of aliphatic imine (C=N–C) groups is 1. The van der Waals surface area contributed by atoms with Crippen molar-refractivity contribution in [2.75, 3.05) is 6.54 Å². The molecule has 112 valence electrons. The van der Waals surface area contributed by atoms with E-state index < -0.39 is 0 Å². The van der Waals surface area contributed by atoms with Crippen molar-refractivity contribution in [3.05, 3.63) is 0 Å². The van der Waals surface area contributed by atoms with E-state index in [9.17, 15) is 0 Å². The Balaban J connectivity index is 2.49. The quantitative estimate of drug-likeness (QED) is 0.428. The van der Waals surface area contributed by atoms with E-state index in [-0.39, 0.29) is 0 Å². The second-order valence-corrected chi connectivity index (χ2v) is 6.73. The lowest BCUT2D eigenvalue weighted by Crippen LogP contribution is -2.30. The van der Waals surface area contributed by atoms with E-state index in [1.54, 1.807) is 0 Å². The zero-order valence-electron chi connectivity index (χ0n) is 13.6. The summed E-state index contributed by atoms with van der Waals surface area (Å²) in [5.74, 6) is 0.750. The van der Waals surface area contributed by atoms with E-state index in [1.165, 1.54) is 70.6 Å². The maximum atomic E-state index is 4.57. The van der Waals surface area contributed by atoms with Gasteiger partial charge < -0.3 is 0 Å². The Hall–Kier alpha value is -0.330. The molecule has 2 unspecified atom stereocenters. The second-order valence-electron chi connectivity index (χ2n) is 6.73. The van der Waals surface area contributed by atoms with E-state index in [0.29, 0.717) is 5.41 Å². The lowest BCUT2D eigenvalue weighted by atomic mass is 9.68. The van der Waals surface area contributed by atoms with Gasteiger partial charge in [0.1, 0.15) is 0 Å². The third kappa shape index (κ3) is 6.10. The van der Waals surface area contributed by atoms with Crippen molar-refractivity contribution < 1.29 is 0 Å². The minimum atomic E-state index is 0.521. The van der Waals surface area contributed by atoms with Crippen LogP contribution in [0.25, 0.3) is 0 Å². The summed E-state index contributed by atoms with van der Waals surface area (Å²) >= 11 is 0. The molecule has 0 N–H and O–H groups in total. The zero-order valence-corrected chi connectivity index (χ0v) is 13.6. The molecule has 0 bridgehead atoms. The maximum absolute atomic E-state index is 4.57. The van der Waals surface area contributed by atoms with E-state index >= 15 is 0 Å². The third-order valence-corrected chi connectivity index (χ3v) is 4.94. The van der Waals surface area contributed by atoms with Crippen LogP contribution in [0.2, 0.25) is 0 Å². The Morgan fingerprint density at radius 1 is 1.00 bits per heavy atom. The van der Waals surface area contributed by atoms with Gasteiger partial charge in [-0.05, 0) is 37.0 Å². The summed E-state index contributed by atoms with van der Waals surface area (Å²) in [5.41, 5.74) is 0.521. The summed E-state index contributed by atoms with van der Waals surface area (Å²) in [5, 5.41) is 0. The van der Waals surface area contributed by atoms with Crippen LogP contribution in [0, 0.1) is 11.3 Å². The average Bonchev–Trinajstić information content (AvgIpc) is 2.45. The standard InChI is InChI=1S/C18H35N/c1-4-6-8-10-14-18(3,13-9-7-5-2)17-12-11-15-19-16-17/h16-17H,4-15H2,1-3H3. The fourth-order valence-electron chi connectivity index (χ4n) is 3.44. The van der Waals surface area contributed by atoms with Gasteiger partial charge in [-0.2, -0.15) is 0 Å². The first-order valence-electron chi connectivity index (χ1n) is 8.73. The van der Waals surface area contributed by atoms with Gasteiger partial charge in [0, 0.05) is 12.8 Å². The van der Waals surface area contributed by atoms with Gasteiger partial charge in [-0.1, -0.05) is 65.7 Å². The molecule has 0 aromatic heterocycles. The van der Waals surface area contributed by atoms with E-state index in [1.807, 2.05) is 0 Å². The predicted molar refractivity (Wildman–Crippen MR) is 87.1 cm³/mol. The molecule has 19 heavy (non-hydrogen) atoms. The molecule has 1 aliphatic rings. The predicted octanol–water partition coefficient (Wildman–Crippen LogP) is 6.02. The van der Waals surface area contributed by atoms with E-state index in [4.69, 9.17) is 0 Å². The molecule has 1 rings (SSSR count). The van der Waals surface area contributed by atoms with Crippen molar-refractivity contribution in [3.8, 4) is 0 Å². The molecule has 2 atom stereocenters. The van der Waals surface area contributed by atoms with Crippen LogP contribution in [-0.4, -0.2) is 12.8 Å². The first kappa shape index (κ1) is 16.7. The molecule has 0 amide bonds. The molecule has 0 fully saturated rings. The first-order chi connectivity index (χ1) is 9.23. The van der Waals surface area contributed by atoms with E-state index in [0.717, 1.165) is 12.5 Å². The third-order valence-electron chi connectivity index (χ3n) is 4.94. The van der Waals surface area contributed by atoms with Gasteiger partial charge in [0.25, 0.3) is 0 Å². The molecule has 0 aromatic rings. The van der Waals surface area contributed by atoms with Crippen LogP contribution < -0.4 is 0 Å². The molecule has 0 saturated carbocycles. The van der Waals surface area contributed by atoms with Gasteiger partial charge >= 0.3 is 0 Å². The maximum Gasteiger partial charge on any atom is 0.0385 e. The van der Waals surface area contributed by atoms with Gasteiger partial charge in [-0.25, -0.2) is 0 Å². The molecule has 1 nitrogen and oxygen atoms in total. The van der Waals surface area contributed by atoms with Gasteiger partial charge in [0.05, 0.1) is 0 Å². The minimum absolute atomic E-state index is 0.521.